The average Bonchev–Trinajstić information content (AvgIpc) is 2.91. The summed E-state index contributed by atoms with van der Waals surface area (Å²) in [5.41, 5.74) is 10.0. The third kappa shape index (κ3) is 3.46. The van der Waals surface area contributed by atoms with Gasteiger partial charge in [0.2, 0.25) is 5.95 Å². The van der Waals surface area contributed by atoms with Crippen LogP contribution < -0.4 is 5.73 Å². The summed E-state index contributed by atoms with van der Waals surface area (Å²) < 4.78 is 1.59. The number of aromatic nitrogens is 2. The van der Waals surface area contributed by atoms with E-state index in [1.54, 1.807) is 16.4 Å². The SMILES string of the molecule is CSc1ccc(-c2ccccc2C=Nn2cc(C)nc2N)cc1. The average molecular weight is 322 g/mol. The highest BCUT2D eigenvalue weighted by atomic mass is 32.2. The number of nitrogens with zero attached hydrogens (tertiary/aromatic N) is 3. The van der Waals surface area contributed by atoms with Gasteiger partial charge in [-0.3, -0.25) is 0 Å². The van der Waals surface area contributed by atoms with Gasteiger partial charge in [0, 0.05) is 10.5 Å². The van der Waals surface area contributed by atoms with Gasteiger partial charge in [-0.25, -0.2) is 9.66 Å². The number of nitrogens with two attached hydrogens (primary N) is 1. The van der Waals surface area contributed by atoms with E-state index in [0.29, 0.717) is 5.95 Å². The number of anilines is 1. The van der Waals surface area contributed by atoms with Gasteiger partial charge in [0.15, 0.2) is 0 Å². The molecule has 0 aliphatic rings. The predicted molar refractivity (Wildman–Crippen MR) is 98.0 cm³/mol. The van der Waals surface area contributed by atoms with E-state index in [9.17, 15) is 0 Å². The molecule has 0 aliphatic carbocycles. The molecule has 2 N–H and O–H groups in total. The van der Waals surface area contributed by atoms with E-state index < -0.39 is 0 Å². The van der Waals surface area contributed by atoms with Gasteiger partial charge in [-0.05, 0) is 36.4 Å². The topological polar surface area (TPSA) is 56.2 Å². The first-order valence-corrected chi connectivity index (χ1v) is 8.49. The Balaban J connectivity index is 1.95. The van der Waals surface area contributed by atoms with Crippen LogP contribution in [0.1, 0.15) is 11.3 Å². The molecule has 0 atom stereocenters. The molecule has 3 aromatic rings. The number of thioether (sulfide) groups is 1. The zero-order chi connectivity index (χ0) is 16.2. The molecule has 0 aliphatic heterocycles. The Morgan fingerprint density at radius 1 is 1.13 bits per heavy atom. The number of hydrogen-bond acceptors (Lipinski definition) is 4. The molecule has 1 aromatic heterocycles. The van der Waals surface area contributed by atoms with Crippen molar-refractivity contribution in [3.8, 4) is 11.1 Å². The van der Waals surface area contributed by atoms with Crippen molar-refractivity contribution < 1.29 is 0 Å². The minimum atomic E-state index is 0.389. The lowest BCUT2D eigenvalue weighted by atomic mass is 10.0. The fourth-order valence-corrected chi connectivity index (χ4v) is 2.77. The fraction of sp³-hybridized carbons (Fsp3) is 0.111. The summed E-state index contributed by atoms with van der Waals surface area (Å²) in [5, 5.41) is 4.42. The van der Waals surface area contributed by atoms with E-state index in [-0.39, 0.29) is 0 Å². The lowest BCUT2D eigenvalue weighted by Crippen LogP contribution is -1.97. The number of imidazole rings is 1. The third-order valence-corrected chi connectivity index (χ3v) is 4.26. The highest BCUT2D eigenvalue weighted by molar-refractivity contribution is 7.98. The van der Waals surface area contributed by atoms with Gasteiger partial charge in [-0.15, -0.1) is 11.8 Å². The molecule has 23 heavy (non-hydrogen) atoms. The molecule has 0 bridgehead atoms. The quantitative estimate of drug-likeness (QED) is 0.582. The summed E-state index contributed by atoms with van der Waals surface area (Å²) in [6.45, 7) is 1.89. The number of rotatable bonds is 4. The Kier molecular flexibility index (Phi) is 4.48. The lowest BCUT2D eigenvalue weighted by molar-refractivity contribution is 0.897. The summed E-state index contributed by atoms with van der Waals surface area (Å²) >= 11 is 1.74. The molecule has 4 nitrogen and oxygen atoms in total. The van der Waals surface area contributed by atoms with Crippen molar-refractivity contribution in [1.29, 1.82) is 0 Å². The third-order valence-electron chi connectivity index (χ3n) is 3.52. The second-order valence-corrected chi connectivity index (χ2v) is 6.03. The van der Waals surface area contributed by atoms with Crippen LogP contribution in [0.4, 0.5) is 5.95 Å². The van der Waals surface area contributed by atoms with Gasteiger partial charge < -0.3 is 5.73 Å². The molecule has 5 heteroatoms. The van der Waals surface area contributed by atoms with Gasteiger partial charge in [0.1, 0.15) is 0 Å². The maximum atomic E-state index is 5.82. The highest BCUT2D eigenvalue weighted by Gasteiger charge is 2.04. The first-order valence-electron chi connectivity index (χ1n) is 7.26. The van der Waals surface area contributed by atoms with Crippen molar-refractivity contribution in [2.24, 2.45) is 5.10 Å². The van der Waals surface area contributed by atoms with Crippen molar-refractivity contribution in [2.45, 2.75) is 11.8 Å². The molecule has 0 spiro atoms. The smallest absolute Gasteiger partial charge is 0.221 e. The summed E-state index contributed by atoms with van der Waals surface area (Å²) in [6, 6.07) is 16.7. The summed E-state index contributed by atoms with van der Waals surface area (Å²) in [5.74, 6) is 0.389. The number of benzene rings is 2. The molecule has 116 valence electrons. The van der Waals surface area contributed by atoms with Gasteiger partial charge in [-0.2, -0.15) is 5.10 Å². The van der Waals surface area contributed by atoms with Gasteiger partial charge in [0.05, 0.1) is 18.1 Å². The second-order valence-electron chi connectivity index (χ2n) is 5.15. The Labute approximate surface area is 140 Å². The standard InChI is InChI=1S/C18H18N4S/c1-13-12-22(18(19)21-13)20-11-15-5-3-4-6-17(15)14-7-9-16(23-2)10-8-14/h3-12H,1-2H3,(H2,19,21). The molecule has 3 rings (SSSR count). The largest absolute Gasteiger partial charge is 0.368 e. The minimum Gasteiger partial charge on any atom is -0.368 e. The van der Waals surface area contributed by atoms with Crippen LogP contribution in [0.2, 0.25) is 0 Å². The predicted octanol–water partition coefficient (Wildman–Crippen LogP) is 4.04. The monoisotopic (exact) mass is 322 g/mol. The van der Waals surface area contributed by atoms with Crippen molar-refractivity contribution in [2.75, 3.05) is 12.0 Å². The Bertz CT molecular complexity index is 834. The van der Waals surface area contributed by atoms with Crippen LogP contribution in [0.3, 0.4) is 0 Å². The van der Waals surface area contributed by atoms with Gasteiger partial charge >= 0.3 is 0 Å². The molecule has 0 unspecified atom stereocenters. The van der Waals surface area contributed by atoms with Crippen LogP contribution >= 0.6 is 11.8 Å². The second kappa shape index (κ2) is 6.71. The summed E-state index contributed by atoms with van der Waals surface area (Å²) in [6.07, 6.45) is 5.70. The maximum Gasteiger partial charge on any atom is 0.221 e. The van der Waals surface area contributed by atoms with Crippen LogP contribution in [-0.2, 0) is 0 Å². The van der Waals surface area contributed by atoms with Crippen molar-refractivity contribution >= 4 is 23.9 Å². The fourth-order valence-electron chi connectivity index (χ4n) is 2.36. The summed E-state index contributed by atoms with van der Waals surface area (Å²) in [4.78, 5) is 5.40. The van der Waals surface area contributed by atoms with E-state index in [0.717, 1.165) is 16.8 Å². The molecule has 0 radical (unpaired) electrons. The first-order chi connectivity index (χ1) is 11.2. The van der Waals surface area contributed by atoms with E-state index in [4.69, 9.17) is 5.73 Å². The van der Waals surface area contributed by atoms with E-state index in [1.807, 2.05) is 37.5 Å². The Morgan fingerprint density at radius 2 is 1.87 bits per heavy atom. The molecule has 0 saturated carbocycles. The number of nitrogen functional groups attached to an aromatic ring is 1. The zero-order valence-corrected chi connectivity index (χ0v) is 13.9. The van der Waals surface area contributed by atoms with Crippen LogP contribution in [-0.4, -0.2) is 22.1 Å². The van der Waals surface area contributed by atoms with Crippen LogP contribution in [0.25, 0.3) is 11.1 Å². The van der Waals surface area contributed by atoms with Gasteiger partial charge in [-0.1, -0.05) is 36.4 Å². The number of hydrogen-bond donors (Lipinski definition) is 1. The van der Waals surface area contributed by atoms with Crippen molar-refractivity contribution in [3.63, 3.8) is 0 Å². The van der Waals surface area contributed by atoms with Crippen molar-refractivity contribution in [3.05, 3.63) is 66.0 Å². The van der Waals surface area contributed by atoms with Crippen LogP contribution in [0.5, 0.6) is 0 Å². The molecule has 0 amide bonds. The van der Waals surface area contributed by atoms with E-state index >= 15 is 0 Å². The molecule has 1 heterocycles. The first kappa shape index (κ1) is 15.4. The summed E-state index contributed by atoms with van der Waals surface area (Å²) in [7, 11) is 0. The normalized spacial score (nSPS) is 11.2. The minimum absolute atomic E-state index is 0.389. The molecular weight excluding hydrogens is 304 g/mol. The molecular formula is C18H18N4S. The van der Waals surface area contributed by atoms with Crippen LogP contribution in [0, 0.1) is 6.92 Å². The van der Waals surface area contributed by atoms with Crippen LogP contribution in [0.15, 0.2) is 64.7 Å². The van der Waals surface area contributed by atoms with Gasteiger partial charge in [0.25, 0.3) is 0 Å². The Hall–Kier alpha value is -2.53. The molecule has 0 fully saturated rings. The van der Waals surface area contributed by atoms with E-state index in [2.05, 4.69) is 46.7 Å². The van der Waals surface area contributed by atoms with Crippen molar-refractivity contribution in [1.82, 2.24) is 9.66 Å². The molecule has 2 aromatic carbocycles. The maximum absolute atomic E-state index is 5.82. The van der Waals surface area contributed by atoms with E-state index in [1.165, 1.54) is 10.5 Å². The lowest BCUT2D eigenvalue weighted by Gasteiger charge is -2.07. The molecule has 0 saturated heterocycles. The Morgan fingerprint density at radius 3 is 2.52 bits per heavy atom. The number of aryl methyl sites for hydroxylation is 1. The zero-order valence-electron chi connectivity index (χ0n) is 13.1. The highest BCUT2D eigenvalue weighted by Crippen LogP contribution is 2.25.